The molecule has 0 radical (unpaired) electrons. The van der Waals surface area contributed by atoms with E-state index in [1.54, 1.807) is 0 Å². The Hall–Kier alpha value is 1.20. The average Bonchev–Trinajstić information content (AvgIpc) is 2.62. The van der Waals surface area contributed by atoms with Crippen LogP contribution in [0.25, 0.3) is 9.40 Å². The van der Waals surface area contributed by atoms with E-state index in [0.717, 1.165) is 16.5 Å². The van der Waals surface area contributed by atoms with E-state index in [0.29, 0.717) is 0 Å². The molecule has 0 amide bonds. The third-order valence-corrected chi connectivity index (χ3v) is 12.3. The van der Waals surface area contributed by atoms with Gasteiger partial charge in [0.15, 0.2) is 0 Å². The van der Waals surface area contributed by atoms with Gasteiger partial charge in [0, 0.05) is 0 Å². The molecule has 0 bridgehead atoms. The van der Waals surface area contributed by atoms with Crippen molar-refractivity contribution in [2.45, 2.75) is 0 Å². The summed E-state index contributed by atoms with van der Waals surface area (Å²) in [5.41, 5.74) is 1.45. The molecule has 6 heteroatoms. The summed E-state index contributed by atoms with van der Waals surface area (Å²) in [7, 11) is 0. The van der Waals surface area contributed by atoms with Gasteiger partial charge < -0.3 is 0 Å². The molecule has 0 aliphatic heterocycles. The minimum atomic E-state index is 0.0574. The van der Waals surface area contributed by atoms with E-state index >= 15 is 0 Å². The van der Waals surface area contributed by atoms with E-state index in [1.165, 1.54) is 15.1 Å². The molecule has 0 saturated heterocycles. The van der Waals surface area contributed by atoms with Crippen LogP contribution in [-0.2, 0) is 0 Å². The van der Waals surface area contributed by atoms with Gasteiger partial charge >= 0.3 is 105 Å². The van der Waals surface area contributed by atoms with Gasteiger partial charge in [-0.1, -0.05) is 0 Å². The van der Waals surface area contributed by atoms with E-state index < -0.39 is 0 Å². The van der Waals surface area contributed by atoms with Gasteiger partial charge in [-0.05, 0) is 0 Å². The van der Waals surface area contributed by atoms with Gasteiger partial charge in [0.25, 0.3) is 0 Å². The number of nitrogens with zero attached hydrogens (tertiary/aromatic N) is 1. The second kappa shape index (κ2) is 4.15. The Balaban J connectivity index is 2.53. The number of rotatable bonds is 2. The summed E-state index contributed by atoms with van der Waals surface area (Å²) >= 11 is 8.47. The zero-order valence-corrected chi connectivity index (χ0v) is 13.6. The number of fused-ring (bicyclic) bond motifs is 1. The third-order valence-electron chi connectivity index (χ3n) is 1.59. The first-order chi connectivity index (χ1) is 5.83. The van der Waals surface area contributed by atoms with Crippen molar-refractivity contribution in [3.8, 4) is 0 Å². The Labute approximate surface area is 104 Å². The van der Waals surface area contributed by atoms with Crippen molar-refractivity contribution in [3.05, 3.63) is 16.8 Å². The zero-order chi connectivity index (χ0) is 8.55. The Morgan fingerprint density at radius 1 is 1.50 bits per heavy atom. The summed E-state index contributed by atoms with van der Waals surface area (Å²) < 4.78 is 5.35. The molecule has 64 valence electrons. The van der Waals surface area contributed by atoms with Crippen molar-refractivity contribution >= 4 is 67.0 Å². The fourth-order valence-corrected chi connectivity index (χ4v) is 5.76. The fourth-order valence-electron chi connectivity index (χ4n) is 0.997. The monoisotopic (exact) mass is 388 g/mol. The van der Waals surface area contributed by atoms with Crippen molar-refractivity contribution in [3.63, 3.8) is 0 Å². The van der Waals surface area contributed by atoms with Crippen LogP contribution in [0.1, 0.15) is 0 Å². The second-order valence-corrected chi connectivity index (χ2v) is 10.4. The first-order valence-corrected chi connectivity index (χ1v) is 11.7. The average molecular weight is 389 g/mol. The summed E-state index contributed by atoms with van der Waals surface area (Å²) in [6.07, 6.45) is 0. The second-order valence-electron chi connectivity index (χ2n) is 2.28. The SMILES string of the molecule is [AlH2][N]([I-]Br)c1csc2ccsc12. The van der Waals surface area contributed by atoms with Gasteiger partial charge in [0.05, 0.1) is 0 Å². The molecule has 0 atom stereocenters. The standard InChI is InChI=1S/C6H3BrINS2.Al.2H/c7-8-9-4-3-11-5-1-2-10-6(4)5;;;/h1-3H;;;/q-2;+1;;. The number of anilines is 1. The molecular weight excluding hydrogens is 384 g/mol. The topological polar surface area (TPSA) is 3.24 Å². The van der Waals surface area contributed by atoms with Gasteiger partial charge in [-0.3, -0.25) is 0 Å². The molecule has 2 aromatic heterocycles. The predicted molar refractivity (Wildman–Crippen MR) is 59.7 cm³/mol. The maximum atomic E-state index is 3.59. The molecule has 0 fully saturated rings. The van der Waals surface area contributed by atoms with Crippen LogP contribution in [0.15, 0.2) is 16.8 Å². The van der Waals surface area contributed by atoms with E-state index in [9.17, 15) is 0 Å². The summed E-state index contributed by atoms with van der Waals surface area (Å²) in [5.74, 6) is 0. The summed E-state index contributed by atoms with van der Waals surface area (Å²) in [5, 5.41) is 4.45. The summed E-state index contributed by atoms with van der Waals surface area (Å²) in [6, 6.07) is 2.20. The number of hydrogen-bond donors (Lipinski definition) is 0. The quantitative estimate of drug-likeness (QED) is 0.385. The number of hydrogen-bond acceptors (Lipinski definition) is 3. The Kier molecular flexibility index (Phi) is 3.37. The molecule has 12 heavy (non-hydrogen) atoms. The fraction of sp³-hybridized carbons (Fsp3) is 0. The molecule has 0 unspecified atom stereocenters. The van der Waals surface area contributed by atoms with Crippen molar-refractivity contribution in [1.29, 1.82) is 0 Å². The van der Waals surface area contributed by atoms with Gasteiger partial charge in [-0.2, -0.15) is 0 Å². The van der Waals surface area contributed by atoms with Crippen LogP contribution in [0.3, 0.4) is 0 Å². The van der Waals surface area contributed by atoms with Crippen molar-refractivity contribution in [1.82, 2.24) is 0 Å². The maximum absolute atomic E-state index is 3.59. The molecule has 2 aromatic rings. The molecular formula is C6H5AlBrINS2-. The van der Waals surface area contributed by atoms with Crippen molar-refractivity contribution in [2.24, 2.45) is 0 Å². The van der Waals surface area contributed by atoms with Gasteiger partial charge in [-0.25, -0.2) is 0 Å². The van der Waals surface area contributed by atoms with E-state index in [-0.39, 0.29) is 19.3 Å². The van der Waals surface area contributed by atoms with E-state index in [2.05, 4.69) is 31.6 Å². The Morgan fingerprint density at radius 3 is 3.08 bits per heavy atom. The predicted octanol–water partition coefficient (Wildman–Crippen LogP) is -0.369. The third kappa shape index (κ3) is 1.70. The van der Waals surface area contributed by atoms with Gasteiger partial charge in [-0.15, -0.1) is 0 Å². The molecule has 2 heterocycles. The molecule has 0 aliphatic rings. The Bertz CT molecular complexity index is 387. The van der Waals surface area contributed by atoms with E-state index in [4.69, 9.17) is 0 Å². The van der Waals surface area contributed by atoms with Crippen LogP contribution >= 0.6 is 35.4 Å². The van der Waals surface area contributed by atoms with Crippen LogP contribution in [0.2, 0.25) is 0 Å². The molecule has 0 N–H and O–H groups in total. The number of thiophene rings is 2. The molecule has 1 nitrogen and oxygen atoms in total. The molecule has 0 spiro atoms. The molecule has 2 rings (SSSR count). The molecule has 0 aliphatic carbocycles. The first kappa shape index (κ1) is 9.75. The number of halogens is 2. The van der Waals surface area contributed by atoms with Crippen LogP contribution in [0.4, 0.5) is 5.69 Å². The van der Waals surface area contributed by atoms with E-state index in [1.807, 2.05) is 22.7 Å². The molecule has 0 aromatic carbocycles. The minimum absolute atomic E-state index is 0.0574. The Morgan fingerprint density at radius 2 is 2.33 bits per heavy atom. The van der Waals surface area contributed by atoms with Crippen molar-refractivity contribution < 1.29 is 19.3 Å². The van der Waals surface area contributed by atoms with Crippen LogP contribution in [0.5, 0.6) is 0 Å². The van der Waals surface area contributed by atoms with Gasteiger partial charge in [0.1, 0.15) is 0 Å². The first-order valence-electron chi connectivity index (χ1n) is 3.27. The van der Waals surface area contributed by atoms with Crippen LogP contribution in [0, 0.1) is 0 Å². The summed E-state index contributed by atoms with van der Waals surface area (Å²) in [4.78, 5) is 0. The summed E-state index contributed by atoms with van der Waals surface area (Å²) in [6.45, 7) is 0. The van der Waals surface area contributed by atoms with Gasteiger partial charge in [0.2, 0.25) is 0 Å². The molecule has 0 saturated carbocycles. The van der Waals surface area contributed by atoms with Crippen molar-refractivity contribution in [2.75, 3.05) is 2.10 Å². The zero-order valence-electron chi connectivity index (χ0n) is 6.25. The van der Waals surface area contributed by atoms with Crippen LogP contribution in [-0.4, -0.2) is 16.5 Å². The van der Waals surface area contributed by atoms with Crippen LogP contribution < -0.4 is 21.4 Å². The normalized spacial score (nSPS) is 11.1.